The first-order chi connectivity index (χ1) is 12.5. The number of para-hydroxylation sites is 1. The van der Waals surface area contributed by atoms with Crippen molar-refractivity contribution in [2.24, 2.45) is 0 Å². The highest BCUT2D eigenvalue weighted by atomic mass is 32.1. The van der Waals surface area contributed by atoms with Gasteiger partial charge in [0.05, 0.1) is 11.1 Å². The number of nitrogens with zero attached hydrogens (tertiary/aromatic N) is 2. The zero-order chi connectivity index (χ0) is 18.3. The van der Waals surface area contributed by atoms with Gasteiger partial charge in [-0.05, 0) is 49.6 Å². The Balaban J connectivity index is 1.92. The Bertz CT molecular complexity index is 1120. The van der Waals surface area contributed by atoms with Gasteiger partial charge in [0, 0.05) is 10.4 Å². The summed E-state index contributed by atoms with van der Waals surface area (Å²) < 4.78 is 14.1. The molecule has 0 aliphatic rings. The maximum absolute atomic E-state index is 14.1. The lowest BCUT2D eigenvalue weighted by Gasteiger charge is -2.10. The van der Waals surface area contributed by atoms with E-state index in [4.69, 9.17) is 0 Å². The molecule has 2 aromatic heterocycles. The quantitative estimate of drug-likeness (QED) is 0.473. The van der Waals surface area contributed by atoms with Crippen molar-refractivity contribution in [2.75, 3.05) is 5.32 Å². The molecule has 3 nitrogen and oxygen atoms in total. The molecule has 26 heavy (non-hydrogen) atoms. The van der Waals surface area contributed by atoms with Crippen LogP contribution in [-0.4, -0.2) is 9.97 Å². The first-order valence-corrected chi connectivity index (χ1v) is 9.19. The van der Waals surface area contributed by atoms with Gasteiger partial charge in [-0.15, -0.1) is 11.3 Å². The van der Waals surface area contributed by atoms with Gasteiger partial charge in [0.15, 0.2) is 0 Å². The molecule has 0 fully saturated rings. The minimum Gasteiger partial charge on any atom is -0.337 e. The normalized spacial score (nSPS) is 11.1. The Morgan fingerprint density at radius 2 is 1.77 bits per heavy atom. The van der Waals surface area contributed by atoms with Crippen LogP contribution in [0.25, 0.3) is 21.3 Å². The van der Waals surface area contributed by atoms with Gasteiger partial charge in [-0.1, -0.05) is 30.3 Å². The number of benzene rings is 2. The highest BCUT2D eigenvalue weighted by Gasteiger charge is 2.17. The molecule has 2 aromatic carbocycles. The van der Waals surface area contributed by atoms with Crippen LogP contribution in [-0.2, 0) is 0 Å². The van der Waals surface area contributed by atoms with E-state index < -0.39 is 0 Å². The fourth-order valence-electron chi connectivity index (χ4n) is 3.07. The van der Waals surface area contributed by atoms with Crippen molar-refractivity contribution in [3.05, 3.63) is 70.6 Å². The fraction of sp³-hybridized carbons (Fsp3) is 0.143. The standard InChI is InChI=1S/C21H18FN3S/c1-12-8-9-15(10-13(12)2)18-14(3)26-21-19(18)20(23-11-24-21)25-17-7-5-4-6-16(17)22/h4-11H,1-3H3,(H,23,24,25). The molecule has 4 rings (SSSR count). The molecule has 0 radical (unpaired) electrons. The van der Waals surface area contributed by atoms with Crippen LogP contribution in [0, 0.1) is 26.6 Å². The van der Waals surface area contributed by atoms with E-state index in [1.165, 1.54) is 28.4 Å². The summed E-state index contributed by atoms with van der Waals surface area (Å²) in [5, 5.41) is 4.08. The molecular formula is C21H18FN3S. The third-order valence-corrected chi connectivity index (χ3v) is 5.60. The zero-order valence-electron chi connectivity index (χ0n) is 14.8. The second-order valence-electron chi connectivity index (χ2n) is 6.34. The van der Waals surface area contributed by atoms with Crippen molar-refractivity contribution in [2.45, 2.75) is 20.8 Å². The second kappa shape index (κ2) is 6.50. The van der Waals surface area contributed by atoms with Gasteiger partial charge in [0.25, 0.3) is 0 Å². The number of halogens is 1. The van der Waals surface area contributed by atoms with Crippen LogP contribution in [0.2, 0.25) is 0 Å². The van der Waals surface area contributed by atoms with E-state index in [2.05, 4.69) is 54.3 Å². The molecule has 0 atom stereocenters. The number of fused-ring (bicyclic) bond motifs is 1. The van der Waals surface area contributed by atoms with Gasteiger partial charge in [-0.25, -0.2) is 14.4 Å². The lowest BCUT2D eigenvalue weighted by Crippen LogP contribution is -1.98. The van der Waals surface area contributed by atoms with Crippen LogP contribution in [0.3, 0.4) is 0 Å². The summed E-state index contributed by atoms with van der Waals surface area (Å²) in [6.07, 6.45) is 1.52. The molecule has 0 spiro atoms. The van der Waals surface area contributed by atoms with Crippen LogP contribution in [0.5, 0.6) is 0 Å². The van der Waals surface area contributed by atoms with Gasteiger partial charge in [0.1, 0.15) is 22.8 Å². The van der Waals surface area contributed by atoms with Crippen molar-refractivity contribution in [1.82, 2.24) is 9.97 Å². The number of rotatable bonds is 3. The van der Waals surface area contributed by atoms with Crippen LogP contribution < -0.4 is 5.32 Å². The summed E-state index contributed by atoms with van der Waals surface area (Å²) >= 11 is 1.63. The Labute approximate surface area is 155 Å². The molecule has 0 aliphatic heterocycles. The van der Waals surface area contributed by atoms with Crippen LogP contribution in [0.1, 0.15) is 16.0 Å². The van der Waals surface area contributed by atoms with Crippen LogP contribution in [0.4, 0.5) is 15.9 Å². The molecule has 130 valence electrons. The lowest BCUT2D eigenvalue weighted by atomic mass is 9.99. The number of hydrogen-bond donors (Lipinski definition) is 1. The van der Waals surface area contributed by atoms with Gasteiger partial charge in [-0.2, -0.15) is 0 Å². The van der Waals surface area contributed by atoms with E-state index in [-0.39, 0.29) is 5.82 Å². The number of hydrogen-bond acceptors (Lipinski definition) is 4. The third kappa shape index (κ3) is 2.84. The predicted octanol–water partition coefficient (Wildman–Crippen LogP) is 6.17. The summed E-state index contributed by atoms with van der Waals surface area (Å²) in [6, 6.07) is 13.0. The van der Waals surface area contributed by atoms with E-state index in [0.717, 1.165) is 21.3 Å². The van der Waals surface area contributed by atoms with Crippen LogP contribution in [0.15, 0.2) is 48.8 Å². The number of anilines is 2. The minimum absolute atomic E-state index is 0.307. The molecule has 0 saturated carbocycles. The minimum atomic E-state index is -0.307. The van der Waals surface area contributed by atoms with Crippen molar-refractivity contribution in [3.63, 3.8) is 0 Å². The van der Waals surface area contributed by atoms with E-state index in [0.29, 0.717) is 11.5 Å². The summed E-state index contributed by atoms with van der Waals surface area (Å²) in [6.45, 7) is 6.30. The Hall–Kier alpha value is -2.79. The molecule has 2 heterocycles. The monoisotopic (exact) mass is 363 g/mol. The molecule has 0 amide bonds. The lowest BCUT2D eigenvalue weighted by molar-refractivity contribution is 0.632. The van der Waals surface area contributed by atoms with Crippen molar-refractivity contribution < 1.29 is 4.39 Å². The van der Waals surface area contributed by atoms with Gasteiger partial charge in [0.2, 0.25) is 0 Å². The summed E-state index contributed by atoms with van der Waals surface area (Å²) in [4.78, 5) is 10.9. The third-order valence-electron chi connectivity index (χ3n) is 4.59. The van der Waals surface area contributed by atoms with Gasteiger partial charge in [-0.3, -0.25) is 0 Å². The predicted molar refractivity (Wildman–Crippen MR) is 107 cm³/mol. The first-order valence-electron chi connectivity index (χ1n) is 8.38. The van der Waals surface area contributed by atoms with E-state index in [1.807, 2.05) is 0 Å². The molecule has 0 unspecified atom stereocenters. The van der Waals surface area contributed by atoms with Gasteiger partial charge >= 0.3 is 0 Å². The summed E-state index contributed by atoms with van der Waals surface area (Å²) in [5.74, 6) is 0.316. The number of aryl methyl sites for hydroxylation is 3. The second-order valence-corrected chi connectivity index (χ2v) is 7.54. The highest BCUT2D eigenvalue weighted by Crippen LogP contribution is 2.41. The maximum atomic E-state index is 14.1. The smallest absolute Gasteiger partial charge is 0.146 e. The van der Waals surface area contributed by atoms with Crippen LogP contribution >= 0.6 is 11.3 Å². The molecule has 0 bridgehead atoms. The molecular weight excluding hydrogens is 345 g/mol. The van der Waals surface area contributed by atoms with Crippen molar-refractivity contribution in [1.29, 1.82) is 0 Å². The average Bonchev–Trinajstić information content (AvgIpc) is 2.96. The SMILES string of the molecule is Cc1ccc(-c2c(C)sc3ncnc(Nc4ccccc4F)c23)cc1C. The average molecular weight is 363 g/mol. The number of aromatic nitrogens is 2. The van der Waals surface area contributed by atoms with E-state index in [1.54, 1.807) is 29.5 Å². The molecule has 1 N–H and O–H groups in total. The van der Waals surface area contributed by atoms with E-state index in [9.17, 15) is 4.39 Å². The molecule has 0 aliphatic carbocycles. The number of thiophene rings is 1. The Morgan fingerprint density at radius 1 is 0.962 bits per heavy atom. The fourth-order valence-corrected chi connectivity index (χ4v) is 4.09. The largest absolute Gasteiger partial charge is 0.337 e. The molecule has 0 saturated heterocycles. The van der Waals surface area contributed by atoms with Crippen molar-refractivity contribution in [3.8, 4) is 11.1 Å². The Morgan fingerprint density at radius 3 is 2.54 bits per heavy atom. The van der Waals surface area contributed by atoms with Gasteiger partial charge < -0.3 is 5.32 Å². The van der Waals surface area contributed by atoms with Crippen molar-refractivity contribution >= 4 is 33.1 Å². The topological polar surface area (TPSA) is 37.8 Å². The molecule has 5 heteroatoms. The Kier molecular flexibility index (Phi) is 4.17. The maximum Gasteiger partial charge on any atom is 0.146 e. The first kappa shape index (κ1) is 16.7. The number of nitrogens with one attached hydrogen (secondary N) is 1. The highest BCUT2D eigenvalue weighted by molar-refractivity contribution is 7.19. The van der Waals surface area contributed by atoms with E-state index >= 15 is 0 Å². The summed E-state index contributed by atoms with van der Waals surface area (Å²) in [7, 11) is 0. The molecule has 4 aromatic rings. The summed E-state index contributed by atoms with van der Waals surface area (Å²) in [5.41, 5.74) is 5.13. The zero-order valence-corrected chi connectivity index (χ0v) is 15.6.